The summed E-state index contributed by atoms with van der Waals surface area (Å²) in [5.74, 6) is 1.86. The van der Waals surface area contributed by atoms with Crippen LogP contribution in [0.1, 0.15) is 13.3 Å². The van der Waals surface area contributed by atoms with Crippen LogP contribution in [0.5, 0.6) is 0 Å². The van der Waals surface area contributed by atoms with Gasteiger partial charge in [-0.2, -0.15) is 0 Å². The summed E-state index contributed by atoms with van der Waals surface area (Å²) in [5.41, 5.74) is 0. The van der Waals surface area contributed by atoms with Gasteiger partial charge >= 0.3 is 0 Å². The molecule has 0 bridgehead atoms. The first-order chi connectivity index (χ1) is 6.90. The number of nitrogens with zero attached hydrogens (tertiary/aromatic N) is 1. The van der Waals surface area contributed by atoms with Crippen LogP contribution in [0.4, 0.5) is 0 Å². The van der Waals surface area contributed by atoms with E-state index in [2.05, 4.69) is 17.1 Å². The van der Waals surface area contributed by atoms with Gasteiger partial charge in [0, 0.05) is 32.8 Å². The van der Waals surface area contributed by atoms with E-state index in [4.69, 9.17) is 4.74 Å². The lowest BCUT2D eigenvalue weighted by Crippen LogP contribution is -2.27. The molecule has 0 radical (unpaired) electrons. The van der Waals surface area contributed by atoms with Crippen LogP contribution in [0.15, 0.2) is 0 Å². The van der Waals surface area contributed by atoms with Crippen molar-refractivity contribution >= 4 is 0 Å². The minimum atomic E-state index is 0.856. The standard InChI is InChI=1S/C11H22N2O/c1-2-14-5-3-4-13-8-10-6-12-7-11(10)9-13/h10-12H,2-9H2,1H3/t10-,11+. The van der Waals surface area contributed by atoms with Crippen molar-refractivity contribution in [3.63, 3.8) is 0 Å². The number of hydrogen-bond donors (Lipinski definition) is 1. The molecule has 0 aromatic heterocycles. The average molecular weight is 198 g/mol. The van der Waals surface area contributed by atoms with Gasteiger partial charge in [-0.1, -0.05) is 0 Å². The first kappa shape index (κ1) is 10.4. The second kappa shape index (κ2) is 5.10. The molecule has 2 fully saturated rings. The Morgan fingerprint density at radius 3 is 2.64 bits per heavy atom. The van der Waals surface area contributed by atoms with Gasteiger partial charge in [0.25, 0.3) is 0 Å². The van der Waals surface area contributed by atoms with Crippen LogP contribution in [-0.4, -0.2) is 50.8 Å². The Labute approximate surface area is 86.8 Å². The van der Waals surface area contributed by atoms with E-state index >= 15 is 0 Å². The minimum Gasteiger partial charge on any atom is -0.382 e. The number of fused-ring (bicyclic) bond motifs is 1. The second-order valence-corrected chi connectivity index (χ2v) is 4.49. The third kappa shape index (κ3) is 2.47. The van der Waals surface area contributed by atoms with Crippen molar-refractivity contribution in [3.8, 4) is 0 Å². The maximum atomic E-state index is 5.35. The molecule has 2 saturated heterocycles. The molecule has 0 saturated carbocycles. The zero-order valence-corrected chi connectivity index (χ0v) is 9.17. The van der Waals surface area contributed by atoms with Gasteiger partial charge in [-0.3, -0.25) is 0 Å². The summed E-state index contributed by atoms with van der Waals surface area (Å²) in [6.07, 6.45) is 1.20. The molecule has 3 heteroatoms. The molecule has 2 rings (SSSR count). The van der Waals surface area contributed by atoms with Crippen molar-refractivity contribution in [1.82, 2.24) is 10.2 Å². The Morgan fingerprint density at radius 1 is 1.29 bits per heavy atom. The van der Waals surface area contributed by atoms with Gasteiger partial charge in [-0.25, -0.2) is 0 Å². The van der Waals surface area contributed by atoms with Crippen molar-refractivity contribution < 1.29 is 4.74 Å². The fraction of sp³-hybridized carbons (Fsp3) is 1.00. The molecule has 0 aromatic rings. The van der Waals surface area contributed by atoms with Crippen LogP contribution in [0.25, 0.3) is 0 Å². The highest BCUT2D eigenvalue weighted by atomic mass is 16.5. The predicted molar refractivity (Wildman–Crippen MR) is 57.4 cm³/mol. The third-order valence-corrected chi connectivity index (χ3v) is 3.43. The number of ether oxygens (including phenoxy) is 1. The van der Waals surface area contributed by atoms with E-state index in [1.165, 1.54) is 39.1 Å². The zero-order chi connectivity index (χ0) is 9.80. The second-order valence-electron chi connectivity index (χ2n) is 4.49. The molecule has 3 nitrogen and oxygen atoms in total. The molecule has 14 heavy (non-hydrogen) atoms. The molecule has 0 aromatic carbocycles. The largest absolute Gasteiger partial charge is 0.382 e. The lowest BCUT2D eigenvalue weighted by atomic mass is 10.0. The Morgan fingerprint density at radius 2 is 2.00 bits per heavy atom. The average Bonchev–Trinajstić information content (AvgIpc) is 2.72. The zero-order valence-electron chi connectivity index (χ0n) is 9.17. The van der Waals surface area contributed by atoms with Gasteiger partial charge < -0.3 is 15.0 Å². The van der Waals surface area contributed by atoms with Gasteiger partial charge in [0.05, 0.1) is 0 Å². The summed E-state index contributed by atoms with van der Waals surface area (Å²) in [5, 5.41) is 3.47. The van der Waals surface area contributed by atoms with Crippen molar-refractivity contribution in [2.45, 2.75) is 13.3 Å². The van der Waals surface area contributed by atoms with Crippen molar-refractivity contribution in [2.24, 2.45) is 11.8 Å². The quantitative estimate of drug-likeness (QED) is 0.653. The molecule has 2 aliphatic heterocycles. The summed E-state index contributed by atoms with van der Waals surface area (Å²) in [6, 6.07) is 0. The van der Waals surface area contributed by atoms with Crippen molar-refractivity contribution in [2.75, 3.05) is 45.9 Å². The number of hydrogen-bond acceptors (Lipinski definition) is 3. The molecule has 2 aliphatic rings. The molecule has 0 spiro atoms. The molecule has 0 aliphatic carbocycles. The van der Waals surface area contributed by atoms with Crippen molar-refractivity contribution in [3.05, 3.63) is 0 Å². The molecule has 0 amide bonds. The van der Waals surface area contributed by atoms with Gasteiger partial charge in [0.1, 0.15) is 0 Å². The van der Waals surface area contributed by atoms with Gasteiger partial charge in [0.2, 0.25) is 0 Å². The monoisotopic (exact) mass is 198 g/mol. The van der Waals surface area contributed by atoms with E-state index < -0.39 is 0 Å². The normalized spacial score (nSPS) is 32.4. The Kier molecular flexibility index (Phi) is 3.79. The Bertz CT molecular complexity index is 163. The minimum absolute atomic E-state index is 0.856. The van der Waals surface area contributed by atoms with E-state index in [1.54, 1.807) is 0 Å². The summed E-state index contributed by atoms with van der Waals surface area (Å²) < 4.78 is 5.35. The summed E-state index contributed by atoms with van der Waals surface area (Å²) >= 11 is 0. The van der Waals surface area contributed by atoms with Crippen molar-refractivity contribution in [1.29, 1.82) is 0 Å². The maximum absolute atomic E-state index is 5.35. The van der Waals surface area contributed by atoms with E-state index in [1.807, 2.05) is 0 Å². The van der Waals surface area contributed by atoms with Gasteiger partial charge in [-0.05, 0) is 38.3 Å². The summed E-state index contributed by atoms with van der Waals surface area (Å²) in [4.78, 5) is 2.61. The fourth-order valence-electron chi connectivity index (χ4n) is 2.67. The molecule has 82 valence electrons. The predicted octanol–water partition coefficient (Wildman–Crippen LogP) is 0.564. The van der Waals surface area contributed by atoms with Crippen LogP contribution in [-0.2, 0) is 4.74 Å². The number of nitrogens with one attached hydrogen (secondary N) is 1. The molecule has 0 unspecified atom stereocenters. The SMILES string of the molecule is CCOCCCN1C[C@H]2CNC[C@H]2C1. The Balaban J connectivity index is 1.60. The smallest absolute Gasteiger partial charge is 0.0478 e. The fourth-order valence-corrected chi connectivity index (χ4v) is 2.67. The number of likely N-dealkylation sites (tertiary alicyclic amines) is 1. The first-order valence-corrected chi connectivity index (χ1v) is 5.91. The molecule has 1 N–H and O–H groups in total. The molecular weight excluding hydrogens is 176 g/mol. The number of rotatable bonds is 5. The molecule has 2 atom stereocenters. The topological polar surface area (TPSA) is 24.5 Å². The summed E-state index contributed by atoms with van der Waals surface area (Å²) in [6.45, 7) is 10.2. The van der Waals surface area contributed by atoms with E-state index in [9.17, 15) is 0 Å². The van der Waals surface area contributed by atoms with Crippen LogP contribution >= 0.6 is 0 Å². The summed E-state index contributed by atoms with van der Waals surface area (Å²) in [7, 11) is 0. The van der Waals surface area contributed by atoms with Crippen LogP contribution in [0.3, 0.4) is 0 Å². The van der Waals surface area contributed by atoms with Crippen LogP contribution < -0.4 is 5.32 Å². The van der Waals surface area contributed by atoms with E-state index in [-0.39, 0.29) is 0 Å². The van der Waals surface area contributed by atoms with Crippen LogP contribution in [0.2, 0.25) is 0 Å². The highest BCUT2D eigenvalue weighted by Gasteiger charge is 2.35. The third-order valence-electron chi connectivity index (χ3n) is 3.43. The molecular formula is C11H22N2O. The van der Waals surface area contributed by atoms with Crippen LogP contribution in [0, 0.1) is 11.8 Å². The maximum Gasteiger partial charge on any atom is 0.0478 e. The van der Waals surface area contributed by atoms with E-state index in [0.717, 1.165) is 25.0 Å². The van der Waals surface area contributed by atoms with Gasteiger partial charge in [-0.15, -0.1) is 0 Å². The lowest BCUT2D eigenvalue weighted by Gasteiger charge is -2.16. The Hall–Kier alpha value is -0.120. The van der Waals surface area contributed by atoms with Gasteiger partial charge in [0.15, 0.2) is 0 Å². The highest BCUT2D eigenvalue weighted by Crippen LogP contribution is 2.25. The molecule has 2 heterocycles. The van der Waals surface area contributed by atoms with E-state index in [0.29, 0.717) is 0 Å². The first-order valence-electron chi connectivity index (χ1n) is 5.91. The highest BCUT2D eigenvalue weighted by molar-refractivity contribution is 4.90. The lowest BCUT2D eigenvalue weighted by molar-refractivity contribution is 0.134.